The number of hydrogen-bond acceptors (Lipinski definition) is 3. The van der Waals surface area contributed by atoms with Crippen LogP contribution in [0.1, 0.15) is 24.5 Å². The summed E-state index contributed by atoms with van der Waals surface area (Å²) in [6, 6.07) is 8.23. The molecule has 1 aromatic carbocycles. The van der Waals surface area contributed by atoms with Crippen molar-refractivity contribution < 1.29 is 5.11 Å². The maximum absolute atomic E-state index is 12.5. The summed E-state index contributed by atoms with van der Waals surface area (Å²) in [5, 5.41) is 13.5. The summed E-state index contributed by atoms with van der Waals surface area (Å²) in [6.07, 6.45) is 1.68. The van der Waals surface area contributed by atoms with Gasteiger partial charge >= 0.3 is 0 Å². The molecule has 106 valence electrons. The Morgan fingerprint density at radius 1 is 1.45 bits per heavy atom. The van der Waals surface area contributed by atoms with E-state index in [0.717, 1.165) is 35.9 Å². The van der Waals surface area contributed by atoms with Crippen molar-refractivity contribution in [2.24, 2.45) is 0 Å². The largest absolute Gasteiger partial charge is 0.392 e. The molecule has 4 heteroatoms. The normalized spacial score (nSPS) is 15.5. The van der Waals surface area contributed by atoms with E-state index in [4.69, 9.17) is 0 Å². The zero-order valence-corrected chi connectivity index (χ0v) is 11.7. The van der Waals surface area contributed by atoms with E-state index in [-0.39, 0.29) is 5.56 Å². The van der Waals surface area contributed by atoms with Gasteiger partial charge in [-0.25, -0.2) is 0 Å². The number of para-hydroxylation sites is 1. The second-order valence-electron chi connectivity index (χ2n) is 5.56. The predicted octanol–water partition coefficient (Wildman–Crippen LogP) is 1.42. The maximum Gasteiger partial charge on any atom is 0.255 e. The van der Waals surface area contributed by atoms with Crippen LogP contribution >= 0.6 is 0 Å². The lowest BCUT2D eigenvalue weighted by Gasteiger charge is -2.20. The third kappa shape index (κ3) is 2.37. The van der Waals surface area contributed by atoms with Gasteiger partial charge in [-0.3, -0.25) is 4.79 Å². The van der Waals surface area contributed by atoms with Crippen LogP contribution in [0.4, 0.5) is 0 Å². The van der Waals surface area contributed by atoms with Crippen LogP contribution in [0.5, 0.6) is 0 Å². The third-order valence-corrected chi connectivity index (χ3v) is 3.85. The molecule has 0 amide bonds. The molecule has 2 heterocycles. The van der Waals surface area contributed by atoms with Crippen molar-refractivity contribution in [3.05, 3.63) is 45.7 Å². The summed E-state index contributed by atoms with van der Waals surface area (Å²) in [7, 11) is 0. The first-order valence-electron chi connectivity index (χ1n) is 7.20. The molecule has 2 aromatic rings. The molecule has 1 unspecified atom stereocenters. The van der Waals surface area contributed by atoms with E-state index in [0.29, 0.717) is 13.1 Å². The molecule has 0 saturated carbocycles. The quantitative estimate of drug-likeness (QED) is 0.885. The molecule has 0 saturated heterocycles. The Kier molecular flexibility index (Phi) is 3.59. The van der Waals surface area contributed by atoms with Gasteiger partial charge in [0.05, 0.1) is 11.6 Å². The smallest absolute Gasteiger partial charge is 0.255 e. The highest BCUT2D eigenvalue weighted by molar-refractivity contribution is 5.83. The van der Waals surface area contributed by atoms with Gasteiger partial charge in [0.15, 0.2) is 0 Å². The second-order valence-corrected chi connectivity index (χ2v) is 5.56. The molecule has 0 bridgehead atoms. The number of nitrogens with zero attached hydrogens (tertiary/aromatic N) is 1. The second kappa shape index (κ2) is 5.38. The molecule has 1 aliphatic rings. The number of nitrogens with one attached hydrogen (secondary N) is 1. The molecular formula is C16H20N2O2. The van der Waals surface area contributed by atoms with Gasteiger partial charge in [-0.1, -0.05) is 18.2 Å². The topological polar surface area (TPSA) is 54.3 Å². The van der Waals surface area contributed by atoms with E-state index in [2.05, 4.69) is 23.5 Å². The van der Waals surface area contributed by atoms with Gasteiger partial charge in [0.1, 0.15) is 0 Å². The van der Waals surface area contributed by atoms with E-state index in [1.165, 1.54) is 5.56 Å². The Morgan fingerprint density at radius 2 is 2.30 bits per heavy atom. The summed E-state index contributed by atoms with van der Waals surface area (Å²) in [4.78, 5) is 12.5. The summed E-state index contributed by atoms with van der Waals surface area (Å²) in [5.41, 5.74) is 3.25. The van der Waals surface area contributed by atoms with Crippen LogP contribution < -0.4 is 10.9 Å². The molecular weight excluding hydrogens is 252 g/mol. The van der Waals surface area contributed by atoms with Crippen LogP contribution in [0.3, 0.4) is 0 Å². The van der Waals surface area contributed by atoms with Crippen LogP contribution in [0.25, 0.3) is 10.9 Å². The van der Waals surface area contributed by atoms with Crippen molar-refractivity contribution in [2.45, 2.75) is 39.0 Å². The summed E-state index contributed by atoms with van der Waals surface area (Å²) >= 11 is 0. The average molecular weight is 272 g/mol. The van der Waals surface area contributed by atoms with Crippen molar-refractivity contribution >= 4 is 10.9 Å². The minimum Gasteiger partial charge on any atom is -0.392 e. The number of aliphatic hydroxyl groups excluding tert-OH is 1. The van der Waals surface area contributed by atoms with Gasteiger partial charge < -0.3 is 15.0 Å². The average Bonchev–Trinajstić information content (AvgIpc) is 2.44. The lowest BCUT2D eigenvalue weighted by Crippen LogP contribution is -2.31. The van der Waals surface area contributed by atoms with Gasteiger partial charge in [-0.05, 0) is 36.8 Å². The van der Waals surface area contributed by atoms with Crippen molar-refractivity contribution in [3.8, 4) is 0 Å². The number of rotatable bonds is 4. The van der Waals surface area contributed by atoms with Crippen LogP contribution in [-0.4, -0.2) is 22.3 Å². The number of benzene rings is 1. The molecule has 0 aliphatic carbocycles. The van der Waals surface area contributed by atoms with Crippen LogP contribution in [0, 0.1) is 0 Å². The minimum atomic E-state index is -0.400. The molecule has 0 fully saturated rings. The first-order chi connectivity index (χ1) is 9.66. The number of hydrogen-bond donors (Lipinski definition) is 2. The Hall–Kier alpha value is -1.65. The first-order valence-corrected chi connectivity index (χ1v) is 7.20. The number of pyridine rings is 1. The van der Waals surface area contributed by atoms with Crippen LogP contribution in [-0.2, 0) is 19.5 Å². The molecule has 1 aromatic heterocycles. The molecule has 4 nitrogen and oxygen atoms in total. The summed E-state index contributed by atoms with van der Waals surface area (Å²) in [6.45, 7) is 3.54. The Labute approximate surface area is 118 Å². The molecule has 20 heavy (non-hydrogen) atoms. The van der Waals surface area contributed by atoms with Crippen LogP contribution in [0.2, 0.25) is 0 Å². The molecule has 1 aliphatic heterocycles. The molecule has 0 spiro atoms. The fraction of sp³-hybridized carbons (Fsp3) is 0.438. The van der Waals surface area contributed by atoms with Crippen molar-refractivity contribution in [1.29, 1.82) is 0 Å². The molecule has 0 radical (unpaired) electrons. The summed E-state index contributed by atoms with van der Waals surface area (Å²) in [5.74, 6) is 0. The van der Waals surface area contributed by atoms with E-state index in [1.807, 2.05) is 10.6 Å². The molecule has 1 atom stereocenters. The predicted molar refractivity (Wildman–Crippen MR) is 79.9 cm³/mol. The highest BCUT2D eigenvalue weighted by atomic mass is 16.3. The van der Waals surface area contributed by atoms with Gasteiger partial charge in [-0.15, -0.1) is 0 Å². The lowest BCUT2D eigenvalue weighted by atomic mass is 10.00. The molecule has 3 rings (SSSR count). The number of aryl methyl sites for hydroxylation is 2. The zero-order chi connectivity index (χ0) is 14.1. The van der Waals surface area contributed by atoms with Gasteiger partial charge in [0.25, 0.3) is 5.56 Å². The fourth-order valence-electron chi connectivity index (χ4n) is 2.97. The van der Waals surface area contributed by atoms with Gasteiger partial charge in [-0.2, -0.15) is 0 Å². The monoisotopic (exact) mass is 272 g/mol. The third-order valence-electron chi connectivity index (χ3n) is 3.85. The van der Waals surface area contributed by atoms with Crippen LogP contribution in [0.15, 0.2) is 29.1 Å². The number of aromatic nitrogens is 1. The van der Waals surface area contributed by atoms with Crippen molar-refractivity contribution in [2.75, 3.05) is 6.54 Å². The Balaban J connectivity index is 2.03. The first kappa shape index (κ1) is 13.3. The van der Waals surface area contributed by atoms with E-state index in [9.17, 15) is 9.90 Å². The lowest BCUT2D eigenvalue weighted by molar-refractivity contribution is 0.191. The van der Waals surface area contributed by atoms with E-state index in [1.54, 1.807) is 6.92 Å². The Bertz CT molecular complexity index is 689. The SMILES string of the molecule is CC(O)CNCc1cc2cccc3c2n(c1=O)CCC3. The van der Waals surface area contributed by atoms with Gasteiger partial charge in [0.2, 0.25) is 0 Å². The minimum absolute atomic E-state index is 0.0998. The van der Waals surface area contributed by atoms with E-state index >= 15 is 0 Å². The highest BCUT2D eigenvalue weighted by Crippen LogP contribution is 2.23. The fourth-order valence-corrected chi connectivity index (χ4v) is 2.97. The zero-order valence-electron chi connectivity index (χ0n) is 11.7. The van der Waals surface area contributed by atoms with Gasteiger partial charge in [0, 0.05) is 25.2 Å². The summed E-state index contributed by atoms with van der Waals surface area (Å²) < 4.78 is 1.91. The molecule has 2 N–H and O–H groups in total. The van der Waals surface area contributed by atoms with Crippen molar-refractivity contribution in [1.82, 2.24) is 9.88 Å². The Morgan fingerprint density at radius 3 is 3.10 bits per heavy atom. The maximum atomic E-state index is 12.5. The highest BCUT2D eigenvalue weighted by Gasteiger charge is 2.15. The van der Waals surface area contributed by atoms with Crippen molar-refractivity contribution in [3.63, 3.8) is 0 Å². The van der Waals surface area contributed by atoms with E-state index < -0.39 is 6.10 Å². The number of aliphatic hydroxyl groups is 1. The standard InChI is InChI=1S/C16H20N2O2/c1-11(19)9-17-10-14-8-13-5-2-4-12-6-3-7-18(15(12)13)16(14)20/h2,4-5,8,11,17,19H,3,6-7,9-10H2,1H3.